The monoisotopic (exact) mass is 658 g/mol. The maximum absolute atomic E-state index is 11.9. The van der Waals surface area contributed by atoms with Gasteiger partial charge in [-0.05, 0) is 101 Å². The lowest BCUT2D eigenvalue weighted by molar-refractivity contribution is -0.138. The van der Waals surface area contributed by atoms with Gasteiger partial charge >= 0.3 is 11.9 Å². The van der Waals surface area contributed by atoms with Crippen molar-refractivity contribution in [3.05, 3.63) is 145 Å². The number of carbonyl (C=O) groups excluding carboxylic acids is 2. The Bertz CT molecular complexity index is 2320. The van der Waals surface area contributed by atoms with E-state index in [1.54, 1.807) is 0 Å². The second-order valence-corrected chi connectivity index (χ2v) is 14.3. The van der Waals surface area contributed by atoms with Crippen LogP contribution in [-0.4, -0.2) is 25.2 Å². The van der Waals surface area contributed by atoms with Crippen LogP contribution in [0.15, 0.2) is 123 Å². The molecular weight excluding hydrogens is 617 g/mol. The predicted molar refractivity (Wildman–Crippen MR) is 206 cm³/mol. The largest absolute Gasteiger partial charge is 0.463 e. The van der Waals surface area contributed by atoms with Crippen molar-refractivity contribution in [3.63, 3.8) is 0 Å². The maximum atomic E-state index is 11.9. The van der Waals surface area contributed by atoms with Crippen LogP contribution < -0.4 is 0 Å². The van der Waals surface area contributed by atoms with E-state index in [2.05, 4.69) is 132 Å². The molecular formula is C46H42O4. The molecule has 50 heavy (non-hydrogen) atoms. The van der Waals surface area contributed by atoms with E-state index in [1.807, 2.05) is 0 Å². The van der Waals surface area contributed by atoms with Gasteiger partial charge in [0.25, 0.3) is 0 Å². The topological polar surface area (TPSA) is 52.6 Å². The fraction of sp³-hybridized carbons (Fsp3) is 0.217. The van der Waals surface area contributed by atoms with E-state index in [-0.39, 0.29) is 18.6 Å². The molecule has 0 amide bonds. The minimum Gasteiger partial charge on any atom is -0.463 e. The van der Waals surface area contributed by atoms with Crippen molar-refractivity contribution in [2.45, 2.75) is 50.9 Å². The van der Waals surface area contributed by atoms with Gasteiger partial charge in [-0.1, -0.05) is 119 Å². The molecule has 0 bridgehead atoms. The van der Waals surface area contributed by atoms with Crippen molar-refractivity contribution < 1.29 is 19.1 Å². The zero-order valence-corrected chi connectivity index (χ0v) is 29.1. The fourth-order valence-corrected chi connectivity index (χ4v) is 7.82. The molecule has 1 atom stereocenters. The van der Waals surface area contributed by atoms with Gasteiger partial charge < -0.3 is 9.47 Å². The maximum Gasteiger partial charge on any atom is 0.330 e. The van der Waals surface area contributed by atoms with E-state index in [0.29, 0.717) is 19.3 Å². The van der Waals surface area contributed by atoms with Gasteiger partial charge in [0.05, 0.1) is 13.2 Å². The summed E-state index contributed by atoms with van der Waals surface area (Å²) in [5.74, 6) is -0.853. The van der Waals surface area contributed by atoms with E-state index in [9.17, 15) is 9.59 Å². The number of ether oxygens (including phenoxy) is 2. The lowest BCUT2D eigenvalue weighted by atomic mass is 9.73. The molecule has 4 heteroatoms. The summed E-state index contributed by atoms with van der Waals surface area (Å²) < 4.78 is 10.7. The first kappa shape index (κ1) is 33.0. The van der Waals surface area contributed by atoms with Crippen LogP contribution in [0.25, 0.3) is 54.6 Å². The van der Waals surface area contributed by atoms with Crippen molar-refractivity contribution in [3.8, 4) is 22.3 Å². The van der Waals surface area contributed by atoms with Crippen LogP contribution in [0.4, 0.5) is 0 Å². The number of fused-ring (bicyclic) bond motifs is 3. The molecule has 6 aromatic carbocycles. The molecule has 0 radical (unpaired) electrons. The van der Waals surface area contributed by atoms with Gasteiger partial charge in [0.1, 0.15) is 0 Å². The van der Waals surface area contributed by atoms with Gasteiger partial charge in [-0.15, -0.1) is 6.58 Å². The molecule has 0 saturated heterocycles. The highest BCUT2D eigenvalue weighted by molar-refractivity contribution is 6.25. The molecule has 0 heterocycles. The Morgan fingerprint density at radius 1 is 0.680 bits per heavy atom. The molecule has 0 aromatic heterocycles. The van der Waals surface area contributed by atoms with E-state index >= 15 is 0 Å². The van der Waals surface area contributed by atoms with Crippen molar-refractivity contribution in [2.75, 3.05) is 13.2 Å². The number of hydrogen-bond donors (Lipinski definition) is 0. The summed E-state index contributed by atoms with van der Waals surface area (Å²) in [5.41, 5.74) is 8.96. The van der Waals surface area contributed by atoms with Crippen LogP contribution in [0.2, 0.25) is 0 Å². The Morgan fingerprint density at radius 2 is 1.28 bits per heavy atom. The number of allylic oxidation sites excluding steroid dienone is 1. The number of carbonyl (C=O) groups is 2. The lowest BCUT2D eigenvalue weighted by Crippen LogP contribution is -2.23. The first-order valence-electron chi connectivity index (χ1n) is 17.3. The second kappa shape index (κ2) is 12.8. The zero-order valence-electron chi connectivity index (χ0n) is 29.1. The molecule has 7 rings (SSSR count). The Labute approximate surface area is 294 Å². The summed E-state index contributed by atoms with van der Waals surface area (Å²) >= 11 is 0. The summed E-state index contributed by atoms with van der Waals surface area (Å²) in [6.45, 7) is 18.8. The highest BCUT2D eigenvalue weighted by Crippen LogP contribution is 2.54. The van der Waals surface area contributed by atoms with Gasteiger partial charge in [-0.2, -0.15) is 0 Å². The Kier molecular flexibility index (Phi) is 8.43. The minimum atomic E-state index is -0.512. The number of esters is 2. The number of hydrogen-bond acceptors (Lipinski definition) is 4. The second-order valence-electron chi connectivity index (χ2n) is 14.3. The molecule has 0 saturated carbocycles. The molecule has 0 N–H and O–H groups in total. The SMILES string of the molecule is C=CC(=O)OCCCC1(C=C)c2cc(CCOC(=O)C=C)ccc2-c2ccc(-c3ccc4ccc5cc(C(C)(C)C)cc6ccc3c4c56)cc21. The zero-order chi connectivity index (χ0) is 35.2. The molecule has 1 aliphatic rings. The Balaban J connectivity index is 1.34. The van der Waals surface area contributed by atoms with E-state index in [0.717, 1.165) is 22.3 Å². The van der Waals surface area contributed by atoms with E-state index in [4.69, 9.17) is 9.47 Å². The molecule has 1 aliphatic carbocycles. The summed E-state index contributed by atoms with van der Waals surface area (Å²) in [5, 5.41) is 7.61. The first-order chi connectivity index (χ1) is 24.1. The van der Waals surface area contributed by atoms with Crippen molar-refractivity contribution in [1.82, 2.24) is 0 Å². The molecule has 250 valence electrons. The van der Waals surface area contributed by atoms with Crippen molar-refractivity contribution in [2.24, 2.45) is 0 Å². The fourth-order valence-electron chi connectivity index (χ4n) is 7.82. The quantitative estimate of drug-likeness (QED) is 0.0457. The van der Waals surface area contributed by atoms with Gasteiger partial charge in [0.2, 0.25) is 0 Å². The van der Waals surface area contributed by atoms with Crippen LogP contribution in [0.1, 0.15) is 55.9 Å². The smallest absolute Gasteiger partial charge is 0.330 e. The van der Waals surface area contributed by atoms with Gasteiger partial charge in [-0.25, -0.2) is 9.59 Å². The third kappa shape index (κ3) is 5.59. The van der Waals surface area contributed by atoms with Crippen molar-refractivity contribution in [1.29, 1.82) is 0 Å². The van der Waals surface area contributed by atoms with Gasteiger partial charge in [0, 0.05) is 24.0 Å². The summed E-state index contributed by atoms with van der Waals surface area (Å²) in [6, 6.07) is 31.6. The summed E-state index contributed by atoms with van der Waals surface area (Å²) in [7, 11) is 0. The van der Waals surface area contributed by atoms with Crippen LogP contribution >= 0.6 is 0 Å². The first-order valence-corrected chi connectivity index (χ1v) is 17.3. The highest BCUT2D eigenvalue weighted by Gasteiger charge is 2.41. The average molecular weight is 659 g/mol. The average Bonchev–Trinajstić information content (AvgIpc) is 3.39. The van der Waals surface area contributed by atoms with Crippen LogP contribution in [-0.2, 0) is 36.3 Å². The van der Waals surface area contributed by atoms with Gasteiger partial charge in [0.15, 0.2) is 0 Å². The van der Waals surface area contributed by atoms with E-state index < -0.39 is 17.4 Å². The third-order valence-corrected chi connectivity index (χ3v) is 10.4. The summed E-state index contributed by atoms with van der Waals surface area (Å²) in [6.07, 6.45) is 6.36. The molecule has 0 fully saturated rings. The minimum absolute atomic E-state index is 0.0572. The van der Waals surface area contributed by atoms with Crippen LogP contribution in [0.3, 0.4) is 0 Å². The number of rotatable bonds is 11. The summed E-state index contributed by atoms with van der Waals surface area (Å²) in [4.78, 5) is 23.6. The van der Waals surface area contributed by atoms with E-state index in [1.165, 1.54) is 66.7 Å². The third-order valence-electron chi connectivity index (χ3n) is 10.4. The normalized spacial score (nSPS) is 15.2. The predicted octanol–water partition coefficient (Wildman–Crippen LogP) is 10.8. The Hall–Kier alpha value is -5.48. The molecule has 0 aliphatic heterocycles. The van der Waals surface area contributed by atoms with Crippen LogP contribution in [0.5, 0.6) is 0 Å². The molecule has 6 aromatic rings. The molecule has 4 nitrogen and oxygen atoms in total. The van der Waals surface area contributed by atoms with Crippen LogP contribution in [0, 0.1) is 0 Å². The van der Waals surface area contributed by atoms with Gasteiger partial charge in [-0.3, -0.25) is 0 Å². The lowest BCUT2D eigenvalue weighted by Gasteiger charge is -2.29. The highest BCUT2D eigenvalue weighted by atomic mass is 16.5. The Morgan fingerprint density at radius 3 is 1.96 bits per heavy atom. The van der Waals surface area contributed by atoms with Crippen molar-refractivity contribution >= 4 is 44.3 Å². The molecule has 1 unspecified atom stereocenters. The number of benzene rings is 6. The molecule has 0 spiro atoms. The standard InChI is InChI=1S/C46H42O4/c1-7-41(47)49-23-10-22-46(9-3)39-25-29(21-24-50-42(48)8-2)11-17-36(39)37-19-15-31(28-40(37)46)35-18-14-30-12-13-32-26-34(45(4,5)6)27-33-16-20-38(35)44(30)43(32)33/h7-9,11-20,25-28H,1-3,10,21-24H2,4-6H3.